The van der Waals surface area contributed by atoms with Gasteiger partial charge in [-0.2, -0.15) is 0 Å². The molecule has 1 N–H and O–H groups in total. The van der Waals surface area contributed by atoms with Gasteiger partial charge in [0.25, 0.3) is 0 Å². The zero-order valence-corrected chi connectivity index (χ0v) is 10.7. The quantitative estimate of drug-likeness (QED) is 0.837. The molecule has 0 radical (unpaired) electrons. The summed E-state index contributed by atoms with van der Waals surface area (Å²) in [6, 6.07) is 0.235. The van der Waals surface area contributed by atoms with E-state index in [-0.39, 0.29) is 17.9 Å². The molecule has 3 heterocycles. The third-order valence-corrected chi connectivity index (χ3v) is 3.76. The van der Waals surface area contributed by atoms with E-state index in [0.29, 0.717) is 13.2 Å². The topological polar surface area (TPSA) is 56.2 Å². The molecule has 1 aromatic heterocycles. The molecule has 18 heavy (non-hydrogen) atoms. The number of carbonyl (C=O) groups excluding carboxylic acids is 1. The first-order chi connectivity index (χ1) is 8.72. The van der Waals surface area contributed by atoms with Crippen molar-refractivity contribution in [3.05, 3.63) is 17.7 Å². The fourth-order valence-corrected chi connectivity index (χ4v) is 2.76. The summed E-state index contributed by atoms with van der Waals surface area (Å²) in [6.07, 6.45) is 4.84. The van der Waals surface area contributed by atoms with E-state index >= 15 is 0 Å². The van der Waals surface area contributed by atoms with Crippen molar-refractivity contribution in [1.82, 2.24) is 14.9 Å². The first kappa shape index (κ1) is 11.7. The highest BCUT2D eigenvalue weighted by atomic mass is 16.5. The molecule has 0 saturated carbocycles. The minimum absolute atomic E-state index is 0.0518. The van der Waals surface area contributed by atoms with Gasteiger partial charge in [0, 0.05) is 31.8 Å². The Balaban J connectivity index is 1.60. The van der Waals surface area contributed by atoms with Gasteiger partial charge in [0.2, 0.25) is 5.91 Å². The Morgan fingerprint density at radius 3 is 3.22 bits per heavy atom. The molecule has 1 fully saturated rings. The van der Waals surface area contributed by atoms with E-state index in [4.69, 9.17) is 4.74 Å². The van der Waals surface area contributed by atoms with E-state index in [9.17, 15) is 4.79 Å². The number of hydrogen-bond acceptors (Lipinski definition) is 3. The molecule has 98 valence electrons. The summed E-state index contributed by atoms with van der Waals surface area (Å²) in [5.74, 6) is 1.34. The Hall–Kier alpha value is -1.36. The molecule has 0 bridgehead atoms. The minimum atomic E-state index is 0.0518. The number of aryl methyl sites for hydroxylation is 2. The molecule has 2 unspecified atom stereocenters. The fourth-order valence-electron chi connectivity index (χ4n) is 2.76. The van der Waals surface area contributed by atoms with Gasteiger partial charge in [-0.3, -0.25) is 4.79 Å². The van der Waals surface area contributed by atoms with Crippen LogP contribution in [0.25, 0.3) is 0 Å². The summed E-state index contributed by atoms with van der Waals surface area (Å²) in [7, 11) is 0. The van der Waals surface area contributed by atoms with Crippen LogP contribution in [0, 0.1) is 12.8 Å². The summed E-state index contributed by atoms with van der Waals surface area (Å²) < 4.78 is 7.41. The van der Waals surface area contributed by atoms with Gasteiger partial charge >= 0.3 is 0 Å². The van der Waals surface area contributed by atoms with Crippen molar-refractivity contribution in [2.24, 2.45) is 5.92 Å². The molecule has 2 atom stereocenters. The van der Waals surface area contributed by atoms with Crippen molar-refractivity contribution < 1.29 is 9.53 Å². The van der Waals surface area contributed by atoms with Crippen LogP contribution in [0.15, 0.2) is 6.20 Å². The lowest BCUT2D eigenvalue weighted by Crippen LogP contribution is -2.43. The van der Waals surface area contributed by atoms with E-state index in [1.54, 1.807) is 0 Å². The maximum Gasteiger partial charge on any atom is 0.225 e. The Kier molecular flexibility index (Phi) is 3.07. The second-order valence-electron chi connectivity index (χ2n) is 5.26. The zero-order chi connectivity index (χ0) is 12.5. The van der Waals surface area contributed by atoms with Crippen molar-refractivity contribution >= 4 is 5.91 Å². The number of ether oxygens (including phenoxy) is 1. The molecule has 2 aliphatic rings. The number of nitrogens with zero attached hydrogens (tertiary/aromatic N) is 2. The van der Waals surface area contributed by atoms with Crippen LogP contribution in [0.2, 0.25) is 0 Å². The predicted octanol–water partition coefficient (Wildman–Crippen LogP) is 0.659. The van der Waals surface area contributed by atoms with Crippen LogP contribution in [0.1, 0.15) is 24.4 Å². The van der Waals surface area contributed by atoms with Gasteiger partial charge in [-0.1, -0.05) is 0 Å². The predicted molar refractivity (Wildman–Crippen MR) is 66.1 cm³/mol. The van der Waals surface area contributed by atoms with Crippen LogP contribution in [-0.2, 0) is 22.5 Å². The molecule has 0 spiro atoms. The number of amides is 1. The number of hydrogen-bond donors (Lipinski definition) is 1. The van der Waals surface area contributed by atoms with E-state index in [0.717, 1.165) is 37.3 Å². The van der Waals surface area contributed by atoms with Crippen molar-refractivity contribution in [2.45, 2.75) is 38.8 Å². The Labute approximate surface area is 107 Å². The molecule has 5 nitrogen and oxygen atoms in total. The third-order valence-electron chi connectivity index (χ3n) is 3.76. The molecule has 1 amide bonds. The van der Waals surface area contributed by atoms with Gasteiger partial charge in [-0.05, 0) is 19.8 Å². The molecule has 0 aromatic carbocycles. The van der Waals surface area contributed by atoms with Gasteiger partial charge in [-0.25, -0.2) is 4.98 Å². The van der Waals surface area contributed by atoms with Crippen molar-refractivity contribution in [3.8, 4) is 0 Å². The third kappa shape index (κ3) is 2.27. The highest BCUT2D eigenvalue weighted by Gasteiger charge is 2.27. The standard InChI is InChI=1S/C13H19N3O2/c1-9-6-16-7-11(2-3-12(16)14-9)15-13(17)10-4-5-18-8-10/h6,10-11H,2-5,7-8H2,1H3,(H,15,17). The number of aromatic nitrogens is 2. The molecular formula is C13H19N3O2. The summed E-state index contributed by atoms with van der Waals surface area (Å²) in [6.45, 7) is 4.14. The Bertz CT molecular complexity index is 449. The fraction of sp³-hybridized carbons (Fsp3) is 0.692. The van der Waals surface area contributed by atoms with Gasteiger partial charge < -0.3 is 14.6 Å². The second-order valence-corrected chi connectivity index (χ2v) is 5.26. The largest absolute Gasteiger partial charge is 0.381 e. The van der Waals surface area contributed by atoms with Crippen LogP contribution in [0.5, 0.6) is 0 Å². The lowest BCUT2D eigenvalue weighted by molar-refractivity contribution is -0.125. The van der Waals surface area contributed by atoms with Gasteiger partial charge in [0.15, 0.2) is 0 Å². The van der Waals surface area contributed by atoms with Crippen LogP contribution in [0.3, 0.4) is 0 Å². The molecule has 3 rings (SSSR count). The second kappa shape index (κ2) is 4.72. The van der Waals surface area contributed by atoms with E-state index in [1.165, 1.54) is 0 Å². The van der Waals surface area contributed by atoms with E-state index < -0.39 is 0 Å². The maximum atomic E-state index is 12.0. The normalized spacial score (nSPS) is 26.9. The maximum absolute atomic E-state index is 12.0. The van der Waals surface area contributed by atoms with Crippen LogP contribution in [-0.4, -0.2) is 34.7 Å². The van der Waals surface area contributed by atoms with Gasteiger partial charge in [-0.15, -0.1) is 0 Å². The lowest BCUT2D eigenvalue weighted by atomic mass is 10.0. The monoisotopic (exact) mass is 249 g/mol. The molecule has 2 aliphatic heterocycles. The molecular weight excluding hydrogens is 230 g/mol. The minimum Gasteiger partial charge on any atom is -0.381 e. The zero-order valence-electron chi connectivity index (χ0n) is 10.7. The van der Waals surface area contributed by atoms with Crippen molar-refractivity contribution in [1.29, 1.82) is 0 Å². The summed E-state index contributed by atoms with van der Waals surface area (Å²) in [4.78, 5) is 16.5. The molecule has 1 saturated heterocycles. The summed E-state index contributed by atoms with van der Waals surface area (Å²) in [5, 5.41) is 3.14. The number of fused-ring (bicyclic) bond motifs is 1. The van der Waals surface area contributed by atoms with Crippen molar-refractivity contribution in [2.75, 3.05) is 13.2 Å². The van der Waals surface area contributed by atoms with Gasteiger partial charge in [0.1, 0.15) is 5.82 Å². The average Bonchev–Trinajstić information content (AvgIpc) is 2.95. The highest BCUT2D eigenvalue weighted by molar-refractivity contribution is 5.79. The number of nitrogens with one attached hydrogen (secondary N) is 1. The SMILES string of the molecule is Cc1cn2c(n1)CCC(NC(=O)C1CCOC1)C2. The number of carbonyl (C=O) groups is 1. The first-order valence-electron chi connectivity index (χ1n) is 6.63. The Morgan fingerprint density at radius 2 is 2.44 bits per heavy atom. The Morgan fingerprint density at radius 1 is 1.56 bits per heavy atom. The summed E-state index contributed by atoms with van der Waals surface area (Å²) >= 11 is 0. The first-order valence-corrected chi connectivity index (χ1v) is 6.63. The highest BCUT2D eigenvalue weighted by Crippen LogP contribution is 2.17. The molecule has 1 aromatic rings. The van der Waals surface area contributed by atoms with Crippen LogP contribution < -0.4 is 5.32 Å². The van der Waals surface area contributed by atoms with Crippen LogP contribution in [0.4, 0.5) is 0 Å². The smallest absolute Gasteiger partial charge is 0.225 e. The van der Waals surface area contributed by atoms with Crippen LogP contribution >= 0.6 is 0 Å². The number of rotatable bonds is 2. The van der Waals surface area contributed by atoms with Gasteiger partial charge in [0.05, 0.1) is 18.2 Å². The van der Waals surface area contributed by atoms with E-state index in [2.05, 4.69) is 21.1 Å². The molecule has 0 aliphatic carbocycles. The summed E-state index contributed by atoms with van der Waals surface area (Å²) in [5.41, 5.74) is 1.06. The van der Waals surface area contributed by atoms with E-state index in [1.807, 2.05) is 6.92 Å². The average molecular weight is 249 g/mol. The lowest BCUT2D eigenvalue weighted by Gasteiger charge is -2.25. The van der Waals surface area contributed by atoms with Crippen molar-refractivity contribution in [3.63, 3.8) is 0 Å². The number of imidazole rings is 1. The molecule has 5 heteroatoms.